The zero-order valence-electron chi connectivity index (χ0n) is 12.9. The summed E-state index contributed by atoms with van der Waals surface area (Å²) in [5, 5.41) is 3.41. The molecule has 1 aromatic rings. The van der Waals surface area contributed by atoms with Crippen molar-refractivity contribution in [3.05, 3.63) is 23.8 Å². The predicted molar refractivity (Wildman–Crippen MR) is 85.6 cm³/mol. The van der Waals surface area contributed by atoms with Gasteiger partial charge in [0.15, 0.2) is 0 Å². The van der Waals surface area contributed by atoms with Gasteiger partial charge in [0.1, 0.15) is 0 Å². The first-order valence-electron chi connectivity index (χ1n) is 7.65. The average molecular weight is 291 g/mol. The van der Waals surface area contributed by atoms with Crippen LogP contribution in [0.5, 0.6) is 0 Å². The van der Waals surface area contributed by atoms with Crippen LogP contribution in [-0.4, -0.2) is 43.2 Å². The SMILES string of the molecule is CCOC(=O)c1cc(N)ccc1NC(C)CN1CCCC1. The Morgan fingerprint density at radius 2 is 2.14 bits per heavy atom. The van der Waals surface area contributed by atoms with Crippen LogP contribution in [0.1, 0.15) is 37.0 Å². The van der Waals surface area contributed by atoms with Crippen LogP contribution in [0.2, 0.25) is 0 Å². The van der Waals surface area contributed by atoms with Crippen LogP contribution in [0.3, 0.4) is 0 Å². The summed E-state index contributed by atoms with van der Waals surface area (Å²) in [6, 6.07) is 5.58. The molecule has 1 aliphatic heterocycles. The molecule has 2 rings (SSSR count). The topological polar surface area (TPSA) is 67.6 Å². The number of nitrogen functional groups attached to an aromatic ring is 1. The fraction of sp³-hybridized carbons (Fsp3) is 0.562. The van der Waals surface area contributed by atoms with Gasteiger partial charge in [-0.15, -0.1) is 0 Å². The van der Waals surface area contributed by atoms with E-state index in [4.69, 9.17) is 10.5 Å². The summed E-state index contributed by atoms with van der Waals surface area (Å²) < 4.78 is 5.09. The van der Waals surface area contributed by atoms with E-state index in [1.54, 1.807) is 19.1 Å². The quantitative estimate of drug-likeness (QED) is 0.622. The van der Waals surface area contributed by atoms with Gasteiger partial charge >= 0.3 is 5.97 Å². The molecule has 3 N–H and O–H groups in total. The summed E-state index contributed by atoms with van der Waals surface area (Å²) in [5.74, 6) is -0.333. The molecule has 21 heavy (non-hydrogen) atoms. The van der Waals surface area contributed by atoms with Crippen LogP contribution in [0.15, 0.2) is 18.2 Å². The van der Waals surface area contributed by atoms with Gasteiger partial charge in [-0.1, -0.05) is 0 Å². The van der Waals surface area contributed by atoms with Gasteiger partial charge < -0.3 is 20.7 Å². The molecule has 5 nitrogen and oxygen atoms in total. The molecular weight excluding hydrogens is 266 g/mol. The summed E-state index contributed by atoms with van der Waals surface area (Å²) in [6.07, 6.45) is 2.56. The summed E-state index contributed by atoms with van der Waals surface area (Å²) in [7, 11) is 0. The minimum atomic E-state index is -0.333. The maximum absolute atomic E-state index is 12.0. The number of carbonyl (C=O) groups is 1. The van der Waals surface area contributed by atoms with Crippen LogP contribution in [-0.2, 0) is 4.74 Å². The molecule has 0 aromatic heterocycles. The smallest absolute Gasteiger partial charge is 0.340 e. The Morgan fingerprint density at radius 3 is 2.81 bits per heavy atom. The van der Waals surface area contributed by atoms with Crippen molar-refractivity contribution in [2.24, 2.45) is 0 Å². The van der Waals surface area contributed by atoms with Gasteiger partial charge in [-0.05, 0) is 58.0 Å². The molecule has 1 heterocycles. The van der Waals surface area contributed by atoms with Crippen molar-refractivity contribution in [1.29, 1.82) is 0 Å². The number of nitrogens with zero attached hydrogens (tertiary/aromatic N) is 1. The summed E-state index contributed by atoms with van der Waals surface area (Å²) in [5.41, 5.74) is 7.64. The van der Waals surface area contributed by atoms with Crippen molar-refractivity contribution >= 4 is 17.3 Å². The Labute approximate surface area is 126 Å². The minimum Gasteiger partial charge on any atom is -0.462 e. The molecule has 1 aromatic carbocycles. The van der Waals surface area contributed by atoms with Gasteiger partial charge in [-0.2, -0.15) is 0 Å². The van der Waals surface area contributed by atoms with E-state index < -0.39 is 0 Å². The molecule has 1 aliphatic rings. The van der Waals surface area contributed by atoms with E-state index in [2.05, 4.69) is 17.1 Å². The van der Waals surface area contributed by atoms with E-state index >= 15 is 0 Å². The number of esters is 1. The highest BCUT2D eigenvalue weighted by atomic mass is 16.5. The second kappa shape index (κ2) is 7.31. The van der Waals surface area contributed by atoms with Crippen molar-refractivity contribution < 1.29 is 9.53 Å². The number of ether oxygens (including phenoxy) is 1. The number of hydrogen-bond donors (Lipinski definition) is 2. The first-order chi connectivity index (χ1) is 10.1. The highest BCUT2D eigenvalue weighted by molar-refractivity contribution is 5.96. The standard InChI is InChI=1S/C16H25N3O2/c1-3-21-16(20)14-10-13(17)6-7-15(14)18-12(2)11-19-8-4-5-9-19/h6-7,10,12,18H,3-5,8-9,11,17H2,1-2H3. The molecule has 5 heteroatoms. The Hall–Kier alpha value is -1.75. The van der Waals surface area contributed by atoms with Crippen molar-refractivity contribution in [3.8, 4) is 0 Å². The van der Waals surface area contributed by atoms with E-state index in [0.717, 1.165) is 12.2 Å². The molecule has 0 spiro atoms. The van der Waals surface area contributed by atoms with Gasteiger partial charge in [0.2, 0.25) is 0 Å². The number of nitrogens with two attached hydrogens (primary N) is 1. The van der Waals surface area contributed by atoms with Crippen LogP contribution in [0.4, 0.5) is 11.4 Å². The number of benzene rings is 1. The first kappa shape index (κ1) is 15.6. The van der Waals surface area contributed by atoms with Crippen molar-refractivity contribution in [2.45, 2.75) is 32.7 Å². The molecule has 0 bridgehead atoms. The summed E-state index contributed by atoms with van der Waals surface area (Å²) >= 11 is 0. The molecule has 1 unspecified atom stereocenters. The van der Waals surface area contributed by atoms with Crippen molar-refractivity contribution in [2.75, 3.05) is 37.3 Å². The molecule has 1 saturated heterocycles. The zero-order valence-corrected chi connectivity index (χ0v) is 12.9. The minimum absolute atomic E-state index is 0.264. The second-order valence-corrected chi connectivity index (χ2v) is 5.58. The lowest BCUT2D eigenvalue weighted by atomic mass is 10.1. The first-order valence-corrected chi connectivity index (χ1v) is 7.65. The molecule has 0 aliphatic carbocycles. The predicted octanol–water partition coefficient (Wildman–Crippen LogP) is 2.34. The van der Waals surface area contributed by atoms with Crippen molar-refractivity contribution in [3.63, 3.8) is 0 Å². The second-order valence-electron chi connectivity index (χ2n) is 5.58. The maximum atomic E-state index is 12.0. The van der Waals surface area contributed by atoms with Gasteiger partial charge in [-0.25, -0.2) is 4.79 Å². The lowest BCUT2D eigenvalue weighted by molar-refractivity contribution is 0.0527. The normalized spacial score (nSPS) is 16.7. The molecular formula is C16H25N3O2. The van der Waals surface area contributed by atoms with Gasteiger partial charge in [0, 0.05) is 24.0 Å². The fourth-order valence-electron chi connectivity index (χ4n) is 2.73. The number of hydrogen-bond acceptors (Lipinski definition) is 5. The van der Waals surface area contributed by atoms with Gasteiger partial charge in [0.25, 0.3) is 0 Å². The average Bonchev–Trinajstić information content (AvgIpc) is 2.93. The van der Waals surface area contributed by atoms with Gasteiger partial charge in [-0.3, -0.25) is 0 Å². The third-order valence-electron chi connectivity index (χ3n) is 3.67. The zero-order chi connectivity index (χ0) is 15.2. The lowest BCUT2D eigenvalue weighted by Crippen LogP contribution is -2.33. The Morgan fingerprint density at radius 1 is 1.43 bits per heavy atom. The number of carbonyl (C=O) groups excluding carboxylic acids is 1. The lowest BCUT2D eigenvalue weighted by Gasteiger charge is -2.23. The fourth-order valence-corrected chi connectivity index (χ4v) is 2.73. The van der Waals surface area contributed by atoms with Crippen LogP contribution in [0, 0.1) is 0 Å². The van der Waals surface area contributed by atoms with Crippen molar-refractivity contribution in [1.82, 2.24) is 4.90 Å². The highest BCUT2D eigenvalue weighted by Gasteiger charge is 2.17. The molecule has 0 saturated carbocycles. The van der Waals surface area contributed by atoms with E-state index in [1.165, 1.54) is 25.9 Å². The van der Waals surface area contributed by atoms with E-state index in [0.29, 0.717) is 17.9 Å². The number of nitrogens with one attached hydrogen (secondary N) is 1. The molecule has 1 atom stereocenters. The third-order valence-corrected chi connectivity index (χ3v) is 3.67. The van der Waals surface area contributed by atoms with E-state index in [1.807, 2.05) is 6.07 Å². The summed E-state index contributed by atoms with van der Waals surface area (Å²) in [4.78, 5) is 14.5. The monoisotopic (exact) mass is 291 g/mol. The molecule has 1 fully saturated rings. The highest BCUT2D eigenvalue weighted by Crippen LogP contribution is 2.21. The van der Waals surface area contributed by atoms with Crippen LogP contribution >= 0.6 is 0 Å². The maximum Gasteiger partial charge on any atom is 0.340 e. The number of rotatable bonds is 6. The summed E-state index contributed by atoms with van der Waals surface area (Å²) in [6.45, 7) is 7.59. The Bertz CT molecular complexity index is 484. The van der Waals surface area contributed by atoms with Gasteiger partial charge in [0.05, 0.1) is 12.2 Å². The Balaban J connectivity index is 2.05. The van der Waals surface area contributed by atoms with E-state index in [9.17, 15) is 4.79 Å². The molecule has 0 radical (unpaired) electrons. The van der Waals surface area contributed by atoms with Crippen LogP contribution in [0.25, 0.3) is 0 Å². The van der Waals surface area contributed by atoms with E-state index in [-0.39, 0.29) is 12.0 Å². The molecule has 116 valence electrons. The molecule has 0 amide bonds. The van der Waals surface area contributed by atoms with Crippen LogP contribution < -0.4 is 11.1 Å². The number of likely N-dealkylation sites (tertiary alicyclic amines) is 1. The number of anilines is 2. The largest absolute Gasteiger partial charge is 0.462 e. The third kappa shape index (κ3) is 4.36. The Kier molecular flexibility index (Phi) is 5.44.